The molecule has 2 nitrogen and oxygen atoms in total. The van der Waals surface area contributed by atoms with Gasteiger partial charge in [-0.05, 0) is 34.0 Å². The van der Waals surface area contributed by atoms with E-state index in [4.69, 9.17) is 4.42 Å². The first-order chi connectivity index (χ1) is 11.3. The number of rotatable bonds is 0. The molecule has 1 heterocycles. The van der Waals surface area contributed by atoms with Crippen LogP contribution in [0, 0.1) is 0 Å². The van der Waals surface area contributed by atoms with Crippen LogP contribution in [0.2, 0.25) is 0 Å². The van der Waals surface area contributed by atoms with Crippen LogP contribution in [0.5, 0.6) is 0 Å². The van der Waals surface area contributed by atoms with Crippen molar-refractivity contribution in [2.75, 3.05) is 0 Å². The molecule has 0 spiro atoms. The summed E-state index contributed by atoms with van der Waals surface area (Å²) in [5.41, 5.74) is 3.04. The molecule has 4 aromatic rings. The first kappa shape index (κ1) is 13.5. The molecule has 0 atom stereocenters. The van der Waals surface area contributed by atoms with Crippen molar-refractivity contribution < 1.29 is 4.42 Å². The minimum atomic E-state index is -0.302. The molecule has 1 aliphatic carbocycles. The fourth-order valence-corrected chi connectivity index (χ4v) is 2.87. The summed E-state index contributed by atoms with van der Waals surface area (Å²) >= 11 is 0. The van der Waals surface area contributed by atoms with Crippen LogP contribution < -0.4 is 5.63 Å². The Kier molecular flexibility index (Phi) is 3.28. The molecule has 0 saturated carbocycles. The zero-order valence-electron chi connectivity index (χ0n) is 12.4. The van der Waals surface area contributed by atoms with Crippen LogP contribution in [0.15, 0.2) is 82.0 Å². The monoisotopic (exact) mass is 298 g/mol. The average molecular weight is 298 g/mol. The van der Waals surface area contributed by atoms with Gasteiger partial charge in [0.25, 0.3) is 0 Å². The molecule has 0 aliphatic heterocycles. The van der Waals surface area contributed by atoms with Crippen LogP contribution in [0.1, 0.15) is 11.1 Å². The molecule has 0 fully saturated rings. The zero-order valence-corrected chi connectivity index (χ0v) is 12.4. The third-order valence-corrected chi connectivity index (χ3v) is 3.94. The van der Waals surface area contributed by atoms with Crippen LogP contribution in [0.4, 0.5) is 0 Å². The van der Waals surface area contributed by atoms with Crippen molar-refractivity contribution in [1.29, 1.82) is 0 Å². The number of hydrogen-bond acceptors (Lipinski definition) is 2. The smallest absolute Gasteiger partial charge is 0.336 e. The minimum absolute atomic E-state index is 0.302. The highest BCUT2D eigenvalue weighted by molar-refractivity contribution is 6.04. The first-order valence-electron chi connectivity index (χ1n) is 7.50. The van der Waals surface area contributed by atoms with E-state index in [1.807, 2.05) is 18.2 Å². The van der Waals surface area contributed by atoms with Crippen LogP contribution in [0.25, 0.3) is 33.9 Å². The molecular formula is C21H14O2. The molecule has 23 heavy (non-hydrogen) atoms. The molecule has 0 radical (unpaired) electrons. The fraction of sp³-hybridized carbons (Fsp3) is 0. The Bertz CT molecular complexity index is 1050. The Labute approximate surface area is 133 Å². The largest absolute Gasteiger partial charge is 0.423 e. The highest BCUT2D eigenvalue weighted by atomic mass is 16.4. The summed E-state index contributed by atoms with van der Waals surface area (Å²) in [6.45, 7) is 0. The summed E-state index contributed by atoms with van der Waals surface area (Å²) in [4.78, 5) is 10.7. The maximum absolute atomic E-state index is 10.7. The Hall–Kier alpha value is -3.13. The van der Waals surface area contributed by atoms with Gasteiger partial charge in [-0.2, -0.15) is 0 Å². The topological polar surface area (TPSA) is 30.2 Å². The number of fused-ring (bicyclic) bond motifs is 1. The van der Waals surface area contributed by atoms with E-state index in [2.05, 4.69) is 48.6 Å². The molecule has 0 amide bonds. The molecule has 0 unspecified atom stereocenters. The molecule has 110 valence electrons. The molecule has 3 aromatic carbocycles. The van der Waals surface area contributed by atoms with Crippen molar-refractivity contribution in [3.63, 3.8) is 0 Å². The molecule has 1 aliphatic rings. The Morgan fingerprint density at radius 2 is 1.26 bits per heavy atom. The van der Waals surface area contributed by atoms with E-state index in [-0.39, 0.29) is 5.63 Å². The highest BCUT2D eigenvalue weighted by Gasteiger charge is 2.06. The van der Waals surface area contributed by atoms with Gasteiger partial charge in [0.15, 0.2) is 0 Å². The van der Waals surface area contributed by atoms with Gasteiger partial charge < -0.3 is 4.42 Å². The van der Waals surface area contributed by atoms with Crippen molar-refractivity contribution >= 4 is 33.9 Å². The van der Waals surface area contributed by atoms with Crippen molar-refractivity contribution in [3.8, 4) is 0 Å². The second-order valence-electron chi connectivity index (χ2n) is 5.42. The quantitative estimate of drug-likeness (QED) is 0.372. The molecule has 0 N–H and O–H groups in total. The lowest BCUT2D eigenvalue weighted by Crippen LogP contribution is -1.93. The molecular weight excluding hydrogens is 284 g/mol. The summed E-state index contributed by atoms with van der Waals surface area (Å²) in [7, 11) is 0. The maximum Gasteiger partial charge on any atom is 0.336 e. The van der Waals surface area contributed by atoms with Gasteiger partial charge in [0.2, 0.25) is 0 Å². The Morgan fingerprint density at radius 1 is 0.609 bits per heavy atom. The van der Waals surface area contributed by atoms with Gasteiger partial charge in [-0.25, -0.2) is 4.79 Å². The Morgan fingerprint density at radius 3 is 2.00 bits per heavy atom. The second kappa shape index (κ2) is 5.58. The van der Waals surface area contributed by atoms with Gasteiger partial charge in [-0.1, -0.05) is 66.7 Å². The van der Waals surface area contributed by atoms with Gasteiger partial charge in [0.05, 0.1) is 0 Å². The highest BCUT2D eigenvalue weighted by Crippen LogP contribution is 2.30. The van der Waals surface area contributed by atoms with Crippen LogP contribution in [0.3, 0.4) is 0 Å². The lowest BCUT2D eigenvalue weighted by Gasteiger charge is -1.99. The van der Waals surface area contributed by atoms with Gasteiger partial charge in [0, 0.05) is 11.5 Å². The van der Waals surface area contributed by atoms with Crippen LogP contribution >= 0.6 is 0 Å². The lowest BCUT2D eigenvalue weighted by molar-refractivity contribution is 0.561. The summed E-state index contributed by atoms with van der Waals surface area (Å²) in [6, 6.07) is 23.5. The lowest BCUT2D eigenvalue weighted by atomic mass is 10.0. The summed E-state index contributed by atoms with van der Waals surface area (Å²) in [5.74, 6) is 0. The van der Waals surface area contributed by atoms with Crippen LogP contribution in [-0.2, 0) is 0 Å². The van der Waals surface area contributed by atoms with Crippen molar-refractivity contribution in [1.82, 2.24) is 0 Å². The van der Waals surface area contributed by atoms with E-state index < -0.39 is 0 Å². The molecule has 0 saturated heterocycles. The first-order valence-corrected chi connectivity index (χ1v) is 7.50. The van der Waals surface area contributed by atoms with Crippen molar-refractivity contribution in [2.24, 2.45) is 0 Å². The summed E-state index contributed by atoms with van der Waals surface area (Å²) in [5, 5.41) is 3.70. The van der Waals surface area contributed by atoms with Crippen molar-refractivity contribution in [3.05, 3.63) is 94.3 Å². The number of para-hydroxylation sites is 1. The number of hydrogen-bond donors (Lipinski definition) is 0. The predicted octanol–water partition coefficient (Wildman–Crippen LogP) is 5.12. The normalized spacial score (nSPS) is 11.5. The SMILES string of the molecule is C1=Cc2cccc3cccc1c23.O=c1ccc2ccccc2o1. The van der Waals surface area contributed by atoms with Gasteiger partial charge in [-0.3, -0.25) is 0 Å². The van der Waals surface area contributed by atoms with Crippen molar-refractivity contribution in [2.45, 2.75) is 0 Å². The Balaban J connectivity index is 0.000000118. The third kappa shape index (κ3) is 2.55. The summed E-state index contributed by atoms with van der Waals surface area (Å²) in [6.07, 6.45) is 4.36. The third-order valence-electron chi connectivity index (χ3n) is 3.94. The van der Waals surface area contributed by atoms with Gasteiger partial charge in [0.1, 0.15) is 5.58 Å². The van der Waals surface area contributed by atoms with E-state index in [0.717, 1.165) is 5.39 Å². The van der Waals surface area contributed by atoms with E-state index in [1.165, 1.54) is 28.0 Å². The van der Waals surface area contributed by atoms with E-state index in [0.29, 0.717) is 5.58 Å². The fourth-order valence-electron chi connectivity index (χ4n) is 2.87. The number of benzene rings is 3. The minimum Gasteiger partial charge on any atom is -0.423 e. The van der Waals surface area contributed by atoms with Gasteiger partial charge in [-0.15, -0.1) is 0 Å². The van der Waals surface area contributed by atoms with E-state index in [1.54, 1.807) is 12.1 Å². The maximum atomic E-state index is 10.7. The molecule has 1 aromatic heterocycles. The molecule has 5 rings (SSSR count). The van der Waals surface area contributed by atoms with E-state index >= 15 is 0 Å². The van der Waals surface area contributed by atoms with Gasteiger partial charge >= 0.3 is 5.63 Å². The zero-order chi connectivity index (χ0) is 15.6. The van der Waals surface area contributed by atoms with Crippen LogP contribution in [-0.4, -0.2) is 0 Å². The average Bonchev–Trinajstić information content (AvgIpc) is 3.01. The predicted molar refractivity (Wildman–Crippen MR) is 95.4 cm³/mol. The van der Waals surface area contributed by atoms with E-state index in [9.17, 15) is 4.79 Å². The second-order valence-corrected chi connectivity index (χ2v) is 5.42. The molecule has 2 heteroatoms. The standard InChI is InChI=1S/C12H8.C9H6O2/c1-3-9-4-2-6-11-8-7-10(5-1)12(9)11;10-9-6-5-7-3-1-2-4-8(7)11-9/h1-8H;1-6H. The molecule has 0 bridgehead atoms. The summed E-state index contributed by atoms with van der Waals surface area (Å²) < 4.78 is 4.91.